The monoisotopic (exact) mass is 574 g/mol. The molecule has 3 aromatic heterocycles. The summed E-state index contributed by atoms with van der Waals surface area (Å²) < 4.78 is 14.7. The van der Waals surface area contributed by atoms with Gasteiger partial charge in [-0.1, -0.05) is 82.3 Å². The minimum Gasteiger partial charge on any atom is -0.464 e. The normalized spacial score (nSPS) is 12.2. The van der Waals surface area contributed by atoms with Crippen molar-refractivity contribution in [2.24, 2.45) is 0 Å². The molecule has 8 rings (SSSR count). The van der Waals surface area contributed by atoms with Crippen molar-refractivity contribution in [3.05, 3.63) is 120 Å². The molecule has 0 saturated heterocycles. The third-order valence-corrected chi connectivity index (χ3v) is 8.90. The maximum atomic E-state index is 6.19. The molecule has 0 aliphatic heterocycles. The molecule has 0 unspecified atom stereocenters. The highest BCUT2D eigenvalue weighted by molar-refractivity contribution is 6.07. The van der Waals surface area contributed by atoms with Gasteiger partial charge in [-0.2, -0.15) is 0 Å². The SMILES string of the molecule is Cc1ccc2c(c1)oc1ccc(-c3ccc4occ(-c5nc6ccccc6n5-c5c(C(C)C)cccc5C(C)C)c4c3)cc12. The topological polar surface area (TPSA) is 44.1 Å². The summed E-state index contributed by atoms with van der Waals surface area (Å²) in [6, 6.07) is 34.4. The highest BCUT2D eigenvalue weighted by Crippen LogP contribution is 2.41. The van der Waals surface area contributed by atoms with Gasteiger partial charge < -0.3 is 8.83 Å². The molecule has 0 saturated carbocycles. The first-order valence-corrected chi connectivity index (χ1v) is 15.4. The molecule has 0 bridgehead atoms. The summed E-state index contributed by atoms with van der Waals surface area (Å²) in [5.41, 5.74) is 13.0. The lowest BCUT2D eigenvalue weighted by Gasteiger charge is -2.22. The van der Waals surface area contributed by atoms with E-state index in [0.717, 1.165) is 66.5 Å². The van der Waals surface area contributed by atoms with Crippen LogP contribution in [0, 0.1) is 6.92 Å². The smallest absolute Gasteiger partial charge is 0.149 e. The van der Waals surface area contributed by atoms with Crippen LogP contribution in [-0.4, -0.2) is 9.55 Å². The lowest BCUT2D eigenvalue weighted by molar-refractivity contribution is 0.616. The Kier molecular flexibility index (Phi) is 6.02. The van der Waals surface area contributed by atoms with Gasteiger partial charge in [0.25, 0.3) is 0 Å². The zero-order chi connectivity index (χ0) is 30.1. The number of furan rings is 2. The number of hydrogen-bond donors (Lipinski definition) is 0. The van der Waals surface area contributed by atoms with Crippen LogP contribution in [0.5, 0.6) is 0 Å². The number of hydrogen-bond acceptors (Lipinski definition) is 3. The Labute approximate surface area is 256 Å². The zero-order valence-corrected chi connectivity index (χ0v) is 25.7. The van der Waals surface area contributed by atoms with E-state index in [9.17, 15) is 0 Å². The van der Waals surface area contributed by atoms with Crippen LogP contribution in [0.15, 0.2) is 112 Å². The molecule has 0 atom stereocenters. The third kappa shape index (κ3) is 4.09. The number of nitrogens with zero attached hydrogens (tertiary/aromatic N) is 2. The van der Waals surface area contributed by atoms with Crippen LogP contribution in [0.2, 0.25) is 0 Å². The van der Waals surface area contributed by atoms with Gasteiger partial charge in [0.15, 0.2) is 0 Å². The second kappa shape index (κ2) is 9.99. The zero-order valence-electron chi connectivity index (χ0n) is 25.7. The van der Waals surface area contributed by atoms with E-state index in [4.69, 9.17) is 13.8 Å². The minimum absolute atomic E-state index is 0.350. The van der Waals surface area contributed by atoms with E-state index in [1.165, 1.54) is 22.4 Å². The lowest BCUT2D eigenvalue weighted by atomic mass is 9.92. The van der Waals surface area contributed by atoms with Crippen molar-refractivity contribution in [3.63, 3.8) is 0 Å². The third-order valence-electron chi connectivity index (χ3n) is 8.90. The lowest BCUT2D eigenvalue weighted by Crippen LogP contribution is -2.08. The maximum Gasteiger partial charge on any atom is 0.149 e. The van der Waals surface area contributed by atoms with E-state index in [2.05, 4.69) is 136 Å². The molecule has 4 nitrogen and oxygen atoms in total. The first-order valence-electron chi connectivity index (χ1n) is 15.4. The maximum absolute atomic E-state index is 6.19. The molecule has 0 amide bonds. The van der Waals surface area contributed by atoms with Gasteiger partial charge in [0.1, 0.15) is 28.8 Å². The van der Waals surface area contributed by atoms with Gasteiger partial charge in [-0.05, 0) is 89.0 Å². The summed E-state index contributed by atoms with van der Waals surface area (Å²) in [6.45, 7) is 11.2. The first-order chi connectivity index (χ1) is 21.4. The number of para-hydroxylation sites is 3. The van der Waals surface area contributed by atoms with Crippen LogP contribution < -0.4 is 0 Å². The molecule has 216 valence electrons. The number of fused-ring (bicyclic) bond motifs is 5. The fourth-order valence-corrected chi connectivity index (χ4v) is 6.65. The van der Waals surface area contributed by atoms with Gasteiger partial charge in [-0.25, -0.2) is 4.98 Å². The molecule has 0 aliphatic rings. The minimum atomic E-state index is 0.350. The average molecular weight is 575 g/mol. The van der Waals surface area contributed by atoms with Crippen LogP contribution in [-0.2, 0) is 0 Å². The Bertz CT molecular complexity index is 2340. The highest BCUT2D eigenvalue weighted by Gasteiger charge is 2.24. The molecular weight excluding hydrogens is 540 g/mol. The van der Waals surface area contributed by atoms with Crippen LogP contribution in [0.25, 0.3) is 72.1 Å². The number of imidazole rings is 1. The van der Waals surface area contributed by atoms with Gasteiger partial charge in [0, 0.05) is 16.2 Å². The fraction of sp³-hybridized carbons (Fsp3) is 0.175. The first kappa shape index (κ1) is 26.5. The van der Waals surface area contributed by atoms with E-state index in [0.29, 0.717) is 11.8 Å². The second-order valence-corrected chi connectivity index (χ2v) is 12.5. The predicted molar refractivity (Wildman–Crippen MR) is 182 cm³/mol. The van der Waals surface area contributed by atoms with E-state index >= 15 is 0 Å². The van der Waals surface area contributed by atoms with Crippen molar-refractivity contribution in [1.82, 2.24) is 9.55 Å². The van der Waals surface area contributed by atoms with Gasteiger partial charge in [0.05, 0.1) is 22.3 Å². The van der Waals surface area contributed by atoms with E-state index in [1.807, 2.05) is 6.26 Å². The Hall–Kier alpha value is -5.09. The predicted octanol–water partition coefficient (Wildman–Crippen LogP) is 11.6. The van der Waals surface area contributed by atoms with Crippen LogP contribution in [0.4, 0.5) is 0 Å². The number of rotatable bonds is 5. The second-order valence-electron chi connectivity index (χ2n) is 12.5. The van der Waals surface area contributed by atoms with Gasteiger partial charge in [0.2, 0.25) is 0 Å². The summed E-state index contributed by atoms with van der Waals surface area (Å²) >= 11 is 0. The number of aryl methyl sites for hydroxylation is 1. The van der Waals surface area contributed by atoms with Crippen LogP contribution >= 0.6 is 0 Å². The summed E-state index contributed by atoms with van der Waals surface area (Å²) in [5, 5.41) is 3.30. The fourth-order valence-electron chi connectivity index (χ4n) is 6.65. The molecule has 0 aliphatic carbocycles. The van der Waals surface area contributed by atoms with Gasteiger partial charge in [-0.15, -0.1) is 0 Å². The molecule has 0 fully saturated rings. The Morgan fingerprint density at radius 1 is 0.636 bits per heavy atom. The molecular formula is C40H34N2O2. The molecule has 5 aromatic carbocycles. The largest absolute Gasteiger partial charge is 0.464 e. The van der Waals surface area contributed by atoms with Crippen molar-refractivity contribution in [3.8, 4) is 28.2 Å². The number of benzene rings is 5. The molecule has 0 spiro atoms. The standard InChI is InChI=1S/C40H34N2O2/c1-23(2)28-9-8-10-29(24(3)4)39(28)42-35-12-7-6-11-34(35)41-40(42)33-22-43-36-17-14-26(21-32(33)36)27-15-18-37-31(20-27)30-16-13-25(5)19-38(30)44-37/h6-24H,1-5H3. The Morgan fingerprint density at radius 3 is 2.09 bits per heavy atom. The molecule has 0 radical (unpaired) electrons. The van der Waals surface area contributed by atoms with Crippen molar-refractivity contribution in [2.45, 2.75) is 46.5 Å². The summed E-state index contributed by atoms with van der Waals surface area (Å²) in [6.07, 6.45) is 1.87. The van der Waals surface area contributed by atoms with Crippen molar-refractivity contribution < 1.29 is 8.83 Å². The molecule has 4 heteroatoms. The van der Waals surface area contributed by atoms with Crippen LogP contribution in [0.3, 0.4) is 0 Å². The van der Waals surface area contributed by atoms with Gasteiger partial charge >= 0.3 is 0 Å². The van der Waals surface area contributed by atoms with Crippen LogP contribution in [0.1, 0.15) is 56.2 Å². The van der Waals surface area contributed by atoms with Crippen molar-refractivity contribution in [1.29, 1.82) is 0 Å². The molecule has 44 heavy (non-hydrogen) atoms. The Balaban J connectivity index is 1.36. The van der Waals surface area contributed by atoms with E-state index in [1.54, 1.807) is 0 Å². The van der Waals surface area contributed by atoms with E-state index in [-0.39, 0.29) is 0 Å². The number of aromatic nitrogens is 2. The molecule has 3 heterocycles. The Morgan fingerprint density at radius 2 is 1.34 bits per heavy atom. The van der Waals surface area contributed by atoms with E-state index < -0.39 is 0 Å². The summed E-state index contributed by atoms with van der Waals surface area (Å²) in [7, 11) is 0. The van der Waals surface area contributed by atoms with Crippen molar-refractivity contribution in [2.75, 3.05) is 0 Å². The highest BCUT2D eigenvalue weighted by atomic mass is 16.3. The van der Waals surface area contributed by atoms with Gasteiger partial charge in [-0.3, -0.25) is 4.57 Å². The molecule has 8 aromatic rings. The quantitative estimate of drug-likeness (QED) is 0.205. The molecule has 0 N–H and O–H groups in total. The van der Waals surface area contributed by atoms with Crippen molar-refractivity contribution >= 4 is 43.9 Å². The average Bonchev–Trinajstić information content (AvgIpc) is 3.72. The summed E-state index contributed by atoms with van der Waals surface area (Å²) in [5.74, 6) is 1.59. The summed E-state index contributed by atoms with van der Waals surface area (Å²) in [4.78, 5) is 5.25.